The van der Waals surface area contributed by atoms with Gasteiger partial charge in [0.2, 0.25) is 11.8 Å². The largest absolute Gasteiger partial charge is 0.495 e. The minimum atomic E-state index is -0.501. The smallest absolute Gasteiger partial charge is 0.249 e. The standard InChI is InChI=1S/C16H23N3O3.ClH/c1-10(11(2)17)15(20)18-12-8-9-19(16(12)21)13-6-4-5-7-14(13)22-3;/h4-7,10-12H,8-9,17H2,1-3H3,(H,18,20);1H. The van der Waals surface area contributed by atoms with E-state index in [9.17, 15) is 9.59 Å². The van der Waals surface area contributed by atoms with Crippen molar-refractivity contribution in [1.29, 1.82) is 0 Å². The first-order valence-corrected chi connectivity index (χ1v) is 7.46. The summed E-state index contributed by atoms with van der Waals surface area (Å²) in [5.74, 6) is 0.0184. The van der Waals surface area contributed by atoms with Gasteiger partial charge in [-0.25, -0.2) is 0 Å². The molecule has 1 aliphatic heterocycles. The highest BCUT2D eigenvalue weighted by Gasteiger charge is 2.35. The molecule has 3 unspecified atom stereocenters. The fourth-order valence-corrected chi connectivity index (χ4v) is 2.45. The number of nitrogens with zero attached hydrogens (tertiary/aromatic N) is 1. The first-order valence-electron chi connectivity index (χ1n) is 7.46. The van der Waals surface area contributed by atoms with Crippen molar-refractivity contribution in [2.75, 3.05) is 18.6 Å². The Morgan fingerprint density at radius 3 is 2.65 bits per heavy atom. The summed E-state index contributed by atoms with van der Waals surface area (Å²) in [6.07, 6.45) is 0.578. The van der Waals surface area contributed by atoms with Crippen molar-refractivity contribution in [3.05, 3.63) is 24.3 Å². The van der Waals surface area contributed by atoms with Crippen LogP contribution in [0.4, 0.5) is 5.69 Å². The third kappa shape index (κ3) is 4.14. The van der Waals surface area contributed by atoms with Gasteiger partial charge in [0.25, 0.3) is 0 Å². The highest BCUT2D eigenvalue weighted by atomic mass is 35.5. The van der Waals surface area contributed by atoms with Gasteiger partial charge in [-0.15, -0.1) is 12.4 Å². The van der Waals surface area contributed by atoms with Gasteiger partial charge in [-0.3, -0.25) is 9.59 Å². The molecule has 0 radical (unpaired) electrons. The second-order valence-electron chi connectivity index (χ2n) is 5.66. The second-order valence-corrected chi connectivity index (χ2v) is 5.66. The number of amides is 2. The molecule has 0 aliphatic carbocycles. The monoisotopic (exact) mass is 341 g/mol. The van der Waals surface area contributed by atoms with Crippen molar-refractivity contribution in [3.63, 3.8) is 0 Å². The summed E-state index contributed by atoms with van der Waals surface area (Å²) in [6, 6.07) is 6.61. The molecule has 1 heterocycles. The SMILES string of the molecule is COc1ccccc1N1CCC(NC(=O)C(C)C(C)N)C1=O.Cl. The Labute approximate surface area is 142 Å². The van der Waals surface area contributed by atoms with E-state index in [0.29, 0.717) is 18.7 Å². The van der Waals surface area contributed by atoms with Crippen LogP contribution in [-0.2, 0) is 9.59 Å². The molecule has 1 aliphatic rings. The van der Waals surface area contributed by atoms with E-state index in [1.807, 2.05) is 24.3 Å². The molecular weight excluding hydrogens is 318 g/mol. The van der Waals surface area contributed by atoms with Crippen molar-refractivity contribution in [2.45, 2.75) is 32.4 Å². The zero-order valence-electron chi connectivity index (χ0n) is 13.6. The number of anilines is 1. The summed E-state index contributed by atoms with van der Waals surface area (Å²) in [5, 5.41) is 2.80. The molecule has 3 N–H and O–H groups in total. The quantitative estimate of drug-likeness (QED) is 0.846. The van der Waals surface area contributed by atoms with Crippen LogP contribution in [-0.4, -0.2) is 37.6 Å². The highest BCUT2D eigenvalue weighted by molar-refractivity contribution is 6.02. The summed E-state index contributed by atoms with van der Waals surface area (Å²) in [6.45, 7) is 4.09. The number of halogens is 1. The van der Waals surface area contributed by atoms with E-state index in [1.54, 1.807) is 25.9 Å². The molecule has 6 nitrogen and oxygen atoms in total. The van der Waals surface area contributed by atoms with Crippen LogP contribution in [0.2, 0.25) is 0 Å². The predicted octanol–water partition coefficient (Wildman–Crippen LogP) is 1.32. The zero-order valence-corrected chi connectivity index (χ0v) is 14.4. The highest BCUT2D eigenvalue weighted by Crippen LogP contribution is 2.31. The van der Waals surface area contributed by atoms with Crippen LogP contribution in [0.15, 0.2) is 24.3 Å². The third-order valence-electron chi connectivity index (χ3n) is 4.10. The van der Waals surface area contributed by atoms with Crippen LogP contribution in [0.5, 0.6) is 5.75 Å². The van der Waals surface area contributed by atoms with Crippen LogP contribution in [0.25, 0.3) is 0 Å². The molecule has 0 bridgehead atoms. The Kier molecular flexibility index (Phi) is 6.84. The molecular formula is C16H24ClN3O3. The summed E-state index contributed by atoms with van der Waals surface area (Å²) in [4.78, 5) is 26.2. The number of nitrogens with one attached hydrogen (secondary N) is 1. The fraction of sp³-hybridized carbons (Fsp3) is 0.500. The average Bonchev–Trinajstić information content (AvgIpc) is 2.87. The number of benzene rings is 1. The Bertz CT molecular complexity index is 565. The van der Waals surface area contributed by atoms with E-state index in [4.69, 9.17) is 10.5 Å². The van der Waals surface area contributed by atoms with Crippen molar-refractivity contribution in [2.24, 2.45) is 11.7 Å². The van der Waals surface area contributed by atoms with E-state index in [-0.39, 0.29) is 36.2 Å². The summed E-state index contributed by atoms with van der Waals surface area (Å²) >= 11 is 0. The first-order chi connectivity index (χ1) is 10.5. The topological polar surface area (TPSA) is 84.7 Å². The maximum atomic E-state index is 12.5. The van der Waals surface area contributed by atoms with E-state index in [2.05, 4.69) is 5.32 Å². The molecule has 23 heavy (non-hydrogen) atoms. The number of hydrogen-bond acceptors (Lipinski definition) is 4. The molecule has 1 saturated heterocycles. The van der Waals surface area contributed by atoms with Crippen LogP contribution in [0, 0.1) is 5.92 Å². The van der Waals surface area contributed by atoms with Crippen LogP contribution in [0.3, 0.4) is 0 Å². The van der Waals surface area contributed by atoms with E-state index >= 15 is 0 Å². The molecule has 3 atom stereocenters. The third-order valence-corrected chi connectivity index (χ3v) is 4.10. The number of carbonyl (C=O) groups excluding carboxylic acids is 2. The number of para-hydroxylation sites is 2. The van der Waals surface area contributed by atoms with E-state index < -0.39 is 6.04 Å². The lowest BCUT2D eigenvalue weighted by Crippen LogP contribution is -2.46. The van der Waals surface area contributed by atoms with Crippen LogP contribution in [0.1, 0.15) is 20.3 Å². The van der Waals surface area contributed by atoms with Gasteiger partial charge in [0.1, 0.15) is 11.8 Å². The molecule has 2 rings (SSSR count). The summed E-state index contributed by atoms with van der Waals surface area (Å²) < 4.78 is 5.29. The molecule has 0 spiro atoms. The molecule has 7 heteroatoms. The Balaban J connectivity index is 0.00000264. The van der Waals surface area contributed by atoms with E-state index in [0.717, 1.165) is 5.69 Å². The predicted molar refractivity (Wildman–Crippen MR) is 92.0 cm³/mol. The van der Waals surface area contributed by atoms with Gasteiger partial charge in [-0.05, 0) is 25.5 Å². The first kappa shape index (κ1) is 19.3. The summed E-state index contributed by atoms with van der Waals surface area (Å²) in [7, 11) is 1.57. The normalized spacial score (nSPS) is 19.7. The molecule has 1 aromatic rings. The van der Waals surface area contributed by atoms with Gasteiger partial charge >= 0.3 is 0 Å². The lowest BCUT2D eigenvalue weighted by molar-refractivity contribution is -0.129. The number of carbonyl (C=O) groups is 2. The van der Waals surface area contributed by atoms with Gasteiger partial charge in [0.05, 0.1) is 12.8 Å². The van der Waals surface area contributed by atoms with Crippen molar-refractivity contribution in [1.82, 2.24) is 5.32 Å². The van der Waals surface area contributed by atoms with E-state index in [1.165, 1.54) is 0 Å². The lowest BCUT2D eigenvalue weighted by atomic mass is 10.0. The van der Waals surface area contributed by atoms with Gasteiger partial charge < -0.3 is 20.7 Å². The van der Waals surface area contributed by atoms with Crippen LogP contribution < -0.4 is 20.7 Å². The number of hydrogen-bond donors (Lipinski definition) is 2. The molecule has 2 amide bonds. The summed E-state index contributed by atoms with van der Waals surface area (Å²) in [5.41, 5.74) is 6.46. The van der Waals surface area contributed by atoms with Crippen LogP contribution >= 0.6 is 12.4 Å². The molecule has 0 saturated carbocycles. The Morgan fingerprint density at radius 1 is 1.39 bits per heavy atom. The molecule has 0 aromatic heterocycles. The number of rotatable bonds is 5. The minimum absolute atomic E-state index is 0. The van der Waals surface area contributed by atoms with Gasteiger partial charge in [0.15, 0.2) is 0 Å². The van der Waals surface area contributed by atoms with Gasteiger partial charge in [0, 0.05) is 18.5 Å². The lowest BCUT2D eigenvalue weighted by Gasteiger charge is -2.21. The van der Waals surface area contributed by atoms with Gasteiger partial charge in [-0.1, -0.05) is 19.1 Å². The zero-order chi connectivity index (χ0) is 16.3. The van der Waals surface area contributed by atoms with Crippen molar-refractivity contribution >= 4 is 29.9 Å². The Morgan fingerprint density at radius 2 is 2.04 bits per heavy atom. The molecule has 1 aromatic carbocycles. The molecule has 128 valence electrons. The van der Waals surface area contributed by atoms with Crippen molar-refractivity contribution < 1.29 is 14.3 Å². The number of ether oxygens (including phenoxy) is 1. The minimum Gasteiger partial charge on any atom is -0.495 e. The van der Waals surface area contributed by atoms with Gasteiger partial charge in [-0.2, -0.15) is 0 Å². The maximum Gasteiger partial charge on any atom is 0.249 e. The number of nitrogens with two attached hydrogens (primary N) is 1. The maximum absolute atomic E-state index is 12.5. The molecule has 1 fully saturated rings. The number of methoxy groups -OCH3 is 1. The van der Waals surface area contributed by atoms with Crippen molar-refractivity contribution in [3.8, 4) is 5.75 Å². The Hall–Kier alpha value is -1.79. The average molecular weight is 342 g/mol. The second kappa shape index (κ2) is 8.17. The fourth-order valence-electron chi connectivity index (χ4n) is 2.45.